The van der Waals surface area contributed by atoms with Crippen molar-refractivity contribution >= 4 is 28.6 Å². The molecule has 0 unspecified atom stereocenters. The van der Waals surface area contributed by atoms with Gasteiger partial charge in [-0.15, -0.1) is 11.8 Å². The second-order valence-electron chi connectivity index (χ2n) is 7.94. The molecule has 0 fully saturated rings. The third-order valence-corrected chi connectivity index (χ3v) is 6.80. The quantitative estimate of drug-likeness (QED) is 0.458. The molecule has 0 radical (unpaired) electrons. The number of nitrogens with zero attached hydrogens (tertiary/aromatic N) is 4. The minimum absolute atomic E-state index is 0.0921. The van der Waals surface area contributed by atoms with E-state index in [0.717, 1.165) is 4.90 Å². The number of hydrogen-bond donors (Lipinski definition) is 1. The molecule has 7 nitrogen and oxygen atoms in total. The van der Waals surface area contributed by atoms with E-state index in [1.807, 2.05) is 30.3 Å². The molecule has 1 amide bonds. The summed E-state index contributed by atoms with van der Waals surface area (Å²) in [4.78, 5) is 28.7. The smallest absolute Gasteiger partial charge is 0.280 e. The van der Waals surface area contributed by atoms with Gasteiger partial charge in [-0.05, 0) is 29.8 Å². The molecule has 168 valence electrons. The van der Waals surface area contributed by atoms with Crippen LogP contribution in [0.4, 0.5) is 4.39 Å². The van der Waals surface area contributed by atoms with Gasteiger partial charge in [-0.3, -0.25) is 9.59 Å². The lowest BCUT2D eigenvalue weighted by molar-refractivity contribution is 0.0747. The molecule has 4 aromatic rings. The molecule has 0 atom stereocenters. The summed E-state index contributed by atoms with van der Waals surface area (Å²) < 4.78 is 16.3. The fraction of sp³-hybridized carbons (Fsp3) is 0.208. The average Bonchev–Trinajstić information content (AvgIpc) is 3.13. The zero-order chi connectivity index (χ0) is 23.1. The van der Waals surface area contributed by atoms with Gasteiger partial charge < -0.3 is 14.6 Å². The number of aromatic nitrogens is 3. The van der Waals surface area contributed by atoms with Gasteiger partial charge in [0.05, 0.1) is 17.8 Å². The highest BCUT2D eigenvalue weighted by Crippen LogP contribution is 2.35. The van der Waals surface area contributed by atoms with E-state index in [-0.39, 0.29) is 35.1 Å². The van der Waals surface area contributed by atoms with Crippen LogP contribution in [0.15, 0.2) is 64.3 Å². The Morgan fingerprint density at radius 3 is 2.52 bits per heavy atom. The Hall–Kier alpha value is -3.59. The van der Waals surface area contributed by atoms with Gasteiger partial charge >= 0.3 is 0 Å². The number of rotatable bonds is 5. The highest BCUT2D eigenvalue weighted by Gasteiger charge is 2.32. The van der Waals surface area contributed by atoms with Crippen molar-refractivity contribution in [3.05, 3.63) is 87.7 Å². The molecule has 0 spiro atoms. The number of amides is 1. The molecule has 33 heavy (non-hydrogen) atoms. The SMILES string of the molecule is CN1CCn2c(c(O)c3c(=O)n(Cc4ccc(F)cc4)nc(CSc4ccccc4)c32)C1=O. The van der Waals surface area contributed by atoms with Crippen molar-refractivity contribution in [3.8, 4) is 5.75 Å². The molecule has 1 aliphatic heterocycles. The van der Waals surface area contributed by atoms with Crippen LogP contribution in [0.5, 0.6) is 5.75 Å². The van der Waals surface area contributed by atoms with Crippen LogP contribution in [0, 0.1) is 5.82 Å². The number of halogens is 1. The van der Waals surface area contributed by atoms with Crippen molar-refractivity contribution in [1.82, 2.24) is 19.2 Å². The predicted molar refractivity (Wildman–Crippen MR) is 124 cm³/mol. The summed E-state index contributed by atoms with van der Waals surface area (Å²) in [6.45, 7) is 1.05. The summed E-state index contributed by atoms with van der Waals surface area (Å²) in [5.74, 6) is -0.569. The van der Waals surface area contributed by atoms with Crippen molar-refractivity contribution in [2.75, 3.05) is 13.6 Å². The predicted octanol–water partition coefficient (Wildman–Crippen LogP) is 3.47. The van der Waals surface area contributed by atoms with Crippen molar-refractivity contribution < 1.29 is 14.3 Å². The topological polar surface area (TPSA) is 80.4 Å². The zero-order valence-corrected chi connectivity index (χ0v) is 18.7. The van der Waals surface area contributed by atoms with Gasteiger partial charge in [0.15, 0.2) is 11.4 Å². The molecule has 0 aliphatic carbocycles. The maximum atomic E-state index is 13.4. The first-order valence-electron chi connectivity index (χ1n) is 10.5. The molecule has 3 heterocycles. The molecule has 0 saturated carbocycles. The Morgan fingerprint density at radius 1 is 1.06 bits per heavy atom. The fourth-order valence-electron chi connectivity index (χ4n) is 4.08. The number of hydrogen-bond acceptors (Lipinski definition) is 5. The lowest BCUT2D eigenvalue weighted by Crippen LogP contribution is -2.37. The van der Waals surface area contributed by atoms with E-state index in [9.17, 15) is 19.1 Å². The van der Waals surface area contributed by atoms with Crippen molar-refractivity contribution in [2.24, 2.45) is 0 Å². The Labute approximate surface area is 193 Å². The molecule has 0 saturated heterocycles. The summed E-state index contributed by atoms with van der Waals surface area (Å²) in [6, 6.07) is 15.6. The highest BCUT2D eigenvalue weighted by molar-refractivity contribution is 7.98. The molecular formula is C24H21FN4O3S. The van der Waals surface area contributed by atoms with E-state index < -0.39 is 5.56 Å². The Bertz CT molecular complexity index is 1410. The summed E-state index contributed by atoms with van der Waals surface area (Å²) in [5.41, 5.74) is 1.42. The third kappa shape index (κ3) is 3.78. The van der Waals surface area contributed by atoms with Crippen LogP contribution in [0.3, 0.4) is 0 Å². The van der Waals surface area contributed by atoms with E-state index in [2.05, 4.69) is 5.10 Å². The highest BCUT2D eigenvalue weighted by atomic mass is 32.2. The molecule has 1 aliphatic rings. The number of aromatic hydroxyl groups is 1. The van der Waals surface area contributed by atoms with E-state index in [1.54, 1.807) is 35.5 Å². The largest absolute Gasteiger partial charge is 0.505 e. The zero-order valence-electron chi connectivity index (χ0n) is 17.9. The van der Waals surface area contributed by atoms with Crippen LogP contribution < -0.4 is 5.56 Å². The average molecular weight is 465 g/mol. The number of likely N-dealkylation sites (N-methyl/N-ethyl adjacent to an activating group) is 1. The van der Waals surface area contributed by atoms with E-state index in [4.69, 9.17) is 0 Å². The summed E-state index contributed by atoms with van der Waals surface area (Å²) in [5, 5.41) is 15.7. The number of fused-ring (bicyclic) bond motifs is 3. The van der Waals surface area contributed by atoms with Crippen LogP contribution in [0.2, 0.25) is 0 Å². The van der Waals surface area contributed by atoms with E-state index in [0.29, 0.717) is 35.6 Å². The number of carbonyl (C=O) groups is 1. The van der Waals surface area contributed by atoms with Gasteiger partial charge in [0.2, 0.25) is 0 Å². The maximum Gasteiger partial charge on any atom is 0.280 e. The van der Waals surface area contributed by atoms with Crippen LogP contribution >= 0.6 is 11.8 Å². The van der Waals surface area contributed by atoms with Gasteiger partial charge in [-0.2, -0.15) is 5.10 Å². The van der Waals surface area contributed by atoms with Gasteiger partial charge in [-0.25, -0.2) is 9.07 Å². The molecule has 0 bridgehead atoms. The Morgan fingerprint density at radius 2 is 1.79 bits per heavy atom. The lowest BCUT2D eigenvalue weighted by atomic mass is 10.2. The molecular weight excluding hydrogens is 443 g/mol. The first-order valence-corrected chi connectivity index (χ1v) is 11.5. The van der Waals surface area contributed by atoms with Gasteiger partial charge in [0.1, 0.15) is 11.2 Å². The number of carbonyl (C=O) groups excluding carboxylic acids is 1. The van der Waals surface area contributed by atoms with Crippen LogP contribution in [-0.4, -0.2) is 43.9 Å². The third-order valence-electron chi connectivity index (χ3n) is 5.77. The lowest BCUT2D eigenvalue weighted by Gasteiger charge is -2.25. The minimum Gasteiger partial charge on any atom is -0.505 e. The standard InChI is InChI=1S/C24H21FN4O3S/c1-27-11-12-28-20-18(14-33-17-5-3-2-4-6-17)26-29(13-15-7-9-16(25)10-8-15)23(31)19(20)22(30)21(28)24(27)32/h2-10,30H,11-14H2,1H3. The monoisotopic (exact) mass is 464 g/mol. The number of thioether (sulfide) groups is 1. The fourth-order valence-corrected chi connectivity index (χ4v) is 4.93. The normalized spacial score (nSPS) is 13.5. The van der Waals surface area contributed by atoms with Gasteiger partial charge in [0, 0.05) is 30.8 Å². The summed E-state index contributed by atoms with van der Waals surface area (Å²) >= 11 is 1.55. The summed E-state index contributed by atoms with van der Waals surface area (Å²) in [7, 11) is 1.67. The maximum absolute atomic E-state index is 13.4. The van der Waals surface area contributed by atoms with E-state index >= 15 is 0 Å². The number of benzene rings is 2. The first kappa shape index (κ1) is 21.3. The van der Waals surface area contributed by atoms with Crippen LogP contribution in [0.1, 0.15) is 21.7 Å². The van der Waals surface area contributed by atoms with Crippen molar-refractivity contribution in [1.29, 1.82) is 0 Å². The molecule has 1 N–H and O–H groups in total. The minimum atomic E-state index is -0.488. The molecule has 2 aromatic carbocycles. The van der Waals surface area contributed by atoms with Crippen LogP contribution in [0.25, 0.3) is 10.9 Å². The second kappa shape index (κ2) is 8.40. The first-order chi connectivity index (χ1) is 15.9. The summed E-state index contributed by atoms with van der Waals surface area (Å²) in [6.07, 6.45) is 0. The van der Waals surface area contributed by atoms with Crippen LogP contribution in [-0.2, 0) is 18.8 Å². The van der Waals surface area contributed by atoms with Gasteiger partial charge in [0.25, 0.3) is 11.5 Å². The molecule has 9 heteroatoms. The second-order valence-corrected chi connectivity index (χ2v) is 8.99. The molecule has 5 rings (SSSR count). The van der Waals surface area contributed by atoms with Gasteiger partial charge in [-0.1, -0.05) is 30.3 Å². The van der Waals surface area contributed by atoms with E-state index in [1.165, 1.54) is 21.7 Å². The Kier molecular flexibility index (Phi) is 5.41. The Balaban J connectivity index is 1.67. The molecule has 2 aromatic heterocycles. The van der Waals surface area contributed by atoms with Crippen molar-refractivity contribution in [3.63, 3.8) is 0 Å². The van der Waals surface area contributed by atoms with Crippen molar-refractivity contribution in [2.45, 2.75) is 23.7 Å².